The monoisotopic (exact) mass is 285 g/mol. The quantitative estimate of drug-likeness (QED) is 0.480. The second kappa shape index (κ2) is 4.78. The number of rotatable bonds is 5. The molecule has 3 N–H and O–H groups in total. The molecule has 0 radical (unpaired) electrons. The first-order chi connectivity index (χ1) is 8.85. The van der Waals surface area contributed by atoms with Crippen molar-refractivity contribution in [1.29, 1.82) is 0 Å². The van der Waals surface area contributed by atoms with Crippen molar-refractivity contribution in [2.75, 3.05) is 5.73 Å². The van der Waals surface area contributed by atoms with Crippen molar-refractivity contribution >= 4 is 21.4 Å². The van der Waals surface area contributed by atoms with E-state index in [1.54, 1.807) is 0 Å². The molecule has 0 heterocycles. The summed E-state index contributed by atoms with van der Waals surface area (Å²) in [5.74, 6) is 0.380. The molecule has 2 unspecified atom stereocenters. The van der Waals surface area contributed by atoms with E-state index in [1.165, 1.54) is 6.07 Å². The van der Waals surface area contributed by atoms with Crippen molar-refractivity contribution in [3.8, 4) is 0 Å². The molecule has 0 aliphatic heterocycles. The van der Waals surface area contributed by atoms with Crippen LogP contribution in [0.25, 0.3) is 0 Å². The Morgan fingerprint density at radius 1 is 1.53 bits per heavy atom. The first kappa shape index (κ1) is 13.8. The van der Waals surface area contributed by atoms with Crippen LogP contribution in [0.5, 0.6) is 0 Å². The zero-order valence-corrected chi connectivity index (χ0v) is 11.2. The molecule has 7 nitrogen and oxygen atoms in total. The van der Waals surface area contributed by atoms with Crippen LogP contribution in [0.3, 0.4) is 0 Å². The third-order valence-electron chi connectivity index (χ3n) is 3.26. The van der Waals surface area contributed by atoms with Crippen LogP contribution in [0.15, 0.2) is 23.1 Å². The van der Waals surface area contributed by atoms with Crippen molar-refractivity contribution in [3.63, 3.8) is 0 Å². The number of nitro benzene ring substituents is 1. The summed E-state index contributed by atoms with van der Waals surface area (Å²) in [7, 11) is -3.66. The first-order valence-electron chi connectivity index (χ1n) is 5.91. The van der Waals surface area contributed by atoms with Crippen LogP contribution >= 0.6 is 0 Å². The Bertz CT molecular complexity index is 614. The summed E-state index contributed by atoms with van der Waals surface area (Å²) in [4.78, 5) is 9.92. The summed E-state index contributed by atoms with van der Waals surface area (Å²) >= 11 is 0. The highest BCUT2D eigenvalue weighted by atomic mass is 32.2. The first-order valence-corrected chi connectivity index (χ1v) is 7.39. The minimum Gasteiger partial charge on any atom is -0.393 e. The summed E-state index contributed by atoms with van der Waals surface area (Å²) in [5.41, 5.74) is 5.03. The molecule has 0 spiro atoms. The van der Waals surface area contributed by atoms with Crippen LogP contribution in [0.4, 0.5) is 11.4 Å². The van der Waals surface area contributed by atoms with Crippen LogP contribution in [-0.4, -0.2) is 19.4 Å². The molecule has 1 saturated carbocycles. The fourth-order valence-electron chi connectivity index (χ4n) is 1.98. The van der Waals surface area contributed by atoms with Crippen molar-refractivity contribution in [2.24, 2.45) is 5.92 Å². The molecule has 104 valence electrons. The highest BCUT2D eigenvalue weighted by Crippen LogP contribution is 2.34. The molecule has 1 aliphatic rings. The number of benzene rings is 1. The lowest BCUT2D eigenvalue weighted by atomic mass is 10.3. The molecular weight excluding hydrogens is 270 g/mol. The number of nitrogen functional groups attached to an aromatic ring is 1. The number of nitrogens with one attached hydrogen (secondary N) is 1. The van der Waals surface area contributed by atoms with Crippen LogP contribution in [0, 0.1) is 16.0 Å². The maximum Gasteiger partial charge on any atom is 0.292 e. The van der Waals surface area contributed by atoms with Crippen molar-refractivity contribution in [2.45, 2.75) is 30.7 Å². The largest absolute Gasteiger partial charge is 0.393 e. The van der Waals surface area contributed by atoms with Crippen molar-refractivity contribution in [1.82, 2.24) is 4.72 Å². The Hall–Kier alpha value is -1.67. The lowest BCUT2D eigenvalue weighted by Gasteiger charge is -2.07. The molecule has 2 atom stereocenters. The van der Waals surface area contributed by atoms with E-state index in [0.29, 0.717) is 5.92 Å². The lowest BCUT2D eigenvalue weighted by molar-refractivity contribution is -0.383. The highest BCUT2D eigenvalue weighted by molar-refractivity contribution is 7.89. The van der Waals surface area contributed by atoms with Gasteiger partial charge in [0.2, 0.25) is 10.0 Å². The van der Waals surface area contributed by atoms with E-state index in [9.17, 15) is 18.5 Å². The van der Waals surface area contributed by atoms with Gasteiger partial charge in [-0.15, -0.1) is 0 Å². The minimum absolute atomic E-state index is 0.0357. The summed E-state index contributed by atoms with van der Waals surface area (Å²) in [6.45, 7) is 2.00. The zero-order valence-electron chi connectivity index (χ0n) is 10.4. The standard InChI is InChI=1S/C11H15N3O4S/c1-2-7-5-10(7)13-19(17,18)8-3-4-11(14(15)16)9(12)6-8/h3-4,6-7,10,13H,2,5,12H2,1H3. The predicted octanol–water partition coefficient (Wildman–Crippen LogP) is 1.25. The number of sulfonamides is 1. The van der Waals surface area contributed by atoms with Crippen LogP contribution in [-0.2, 0) is 10.0 Å². The highest BCUT2D eigenvalue weighted by Gasteiger charge is 2.38. The molecule has 2 rings (SSSR count). The Kier molecular flexibility index (Phi) is 3.46. The molecule has 0 aromatic heterocycles. The van der Waals surface area contributed by atoms with Crippen LogP contribution < -0.4 is 10.5 Å². The molecule has 1 aromatic rings. The van der Waals surface area contributed by atoms with E-state index >= 15 is 0 Å². The third kappa shape index (κ3) is 2.85. The second-order valence-electron chi connectivity index (χ2n) is 4.61. The summed E-state index contributed by atoms with van der Waals surface area (Å²) < 4.78 is 26.7. The molecule has 0 saturated heterocycles. The summed E-state index contributed by atoms with van der Waals surface area (Å²) in [5, 5.41) is 10.6. The zero-order chi connectivity index (χ0) is 14.2. The van der Waals surface area contributed by atoms with Gasteiger partial charge in [0.05, 0.1) is 9.82 Å². The fourth-order valence-corrected chi connectivity index (χ4v) is 3.33. The van der Waals surface area contributed by atoms with Gasteiger partial charge in [-0.1, -0.05) is 13.3 Å². The number of hydrogen-bond acceptors (Lipinski definition) is 5. The predicted molar refractivity (Wildman–Crippen MR) is 70.0 cm³/mol. The van der Waals surface area contributed by atoms with Gasteiger partial charge in [-0.3, -0.25) is 10.1 Å². The smallest absolute Gasteiger partial charge is 0.292 e. The maximum absolute atomic E-state index is 12.0. The Morgan fingerprint density at radius 2 is 2.21 bits per heavy atom. The van der Waals surface area contributed by atoms with Gasteiger partial charge in [0.1, 0.15) is 5.69 Å². The SMILES string of the molecule is CCC1CC1NS(=O)(=O)c1ccc([N+](=O)[O-])c(N)c1. The van der Waals surface area contributed by atoms with Gasteiger partial charge in [-0.25, -0.2) is 13.1 Å². The Morgan fingerprint density at radius 3 is 2.68 bits per heavy atom. The molecule has 1 aliphatic carbocycles. The summed E-state index contributed by atoms with van der Waals surface area (Å²) in [6, 6.07) is 3.38. The van der Waals surface area contributed by atoms with Gasteiger partial charge < -0.3 is 5.73 Å². The van der Waals surface area contributed by atoms with Crippen LogP contribution in [0.2, 0.25) is 0 Å². The van der Waals surface area contributed by atoms with E-state index in [0.717, 1.165) is 25.0 Å². The Balaban J connectivity index is 2.22. The van der Waals surface area contributed by atoms with Crippen molar-refractivity contribution < 1.29 is 13.3 Å². The summed E-state index contributed by atoms with van der Waals surface area (Å²) in [6.07, 6.45) is 1.76. The van der Waals surface area contributed by atoms with Gasteiger partial charge in [0, 0.05) is 12.1 Å². The molecule has 8 heteroatoms. The molecule has 0 bridgehead atoms. The number of nitro groups is 1. The number of nitrogens with zero attached hydrogens (tertiary/aromatic N) is 1. The maximum atomic E-state index is 12.0. The average Bonchev–Trinajstić information content (AvgIpc) is 3.06. The van der Waals surface area contributed by atoms with E-state index in [-0.39, 0.29) is 22.3 Å². The number of hydrogen-bond donors (Lipinski definition) is 2. The Labute approximate surface area is 111 Å². The van der Waals surface area contributed by atoms with Gasteiger partial charge in [0.25, 0.3) is 5.69 Å². The number of anilines is 1. The average molecular weight is 285 g/mol. The molecule has 1 fully saturated rings. The van der Waals surface area contributed by atoms with Crippen molar-refractivity contribution in [3.05, 3.63) is 28.3 Å². The molecule has 1 aromatic carbocycles. The fraction of sp³-hybridized carbons (Fsp3) is 0.455. The van der Waals surface area contributed by atoms with Gasteiger partial charge in [0.15, 0.2) is 0 Å². The van der Waals surface area contributed by atoms with Gasteiger partial charge in [-0.2, -0.15) is 0 Å². The molecular formula is C11H15N3O4S. The third-order valence-corrected chi connectivity index (χ3v) is 4.75. The normalized spacial score (nSPS) is 22.2. The minimum atomic E-state index is -3.66. The second-order valence-corrected chi connectivity index (χ2v) is 6.32. The topological polar surface area (TPSA) is 115 Å². The van der Waals surface area contributed by atoms with Gasteiger partial charge in [-0.05, 0) is 24.5 Å². The van der Waals surface area contributed by atoms with E-state index < -0.39 is 14.9 Å². The number of nitrogens with two attached hydrogens (primary N) is 1. The molecule has 0 amide bonds. The van der Waals surface area contributed by atoms with E-state index in [1.807, 2.05) is 6.92 Å². The molecule has 19 heavy (non-hydrogen) atoms. The van der Waals surface area contributed by atoms with E-state index in [4.69, 9.17) is 5.73 Å². The van der Waals surface area contributed by atoms with Crippen LogP contribution in [0.1, 0.15) is 19.8 Å². The lowest BCUT2D eigenvalue weighted by Crippen LogP contribution is -2.27. The van der Waals surface area contributed by atoms with E-state index in [2.05, 4.69) is 4.72 Å². The van der Waals surface area contributed by atoms with Gasteiger partial charge >= 0.3 is 0 Å².